The Bertz CT molecular complexity index is 696. The first-order valence-corrected chi connectivity index (χ1v) is 6.04. The Morgan fingerprint density at radius 1 is 1.05 bits per heavy atom. The molecule has 0 radical (unpaired) electrons. The van der Waals surface area contributed by atoms with E-state index in [2.05, 4.69) is 20.6 Å². The number of carboxylic acids is 1. The van der Waals surface area contributed by atoms with Crippen LogP contribution in [-0.2, 0) is 9.59 Å². The number of hydrogen-bond acceptors (Lipinski definition) is 5. The van der Waals surface area contributed by atoms with Gasteiger partial charge in [0.2, 0.25) is 5.91 Å². The summed E-state index contributed by atoms with van der Waals surface area (Å²) in [5.74, 6) is -2.22. The number of nitrogens with zero attached hydrogens (tertiary/aromatic N) is 2. The zero-order valence-corrected chi connectivity index (χ0v) is 10.9. The molecule has 0 saturated heterocycles. The quantitative estimate of drug-likeness (QED) is 0.685. The Morgan fingerprint density at radius 3 is 2.57 bits per heavy atom. The van der Waals surface area contributed by atoms with E-state index in [4.69, 9.17) is 5.11 Å². The second-order valence-electron chi connectivity index (χ2n) is 4.08. The summed E-state index contributed by atoms with van der Waals surface area (Å²) in [6, 6.07) is 4.95. The van der Waals surface area contributed by atoms with Crippen molar-refractivity contribution in [3.8, 4) is 0 Å². The second-order valence-corrected chi connectivity index (χ2v) is 4.08. The Balaban J connectivity index is 2.03. The van der Waals surface area contributed by atoms with Gasteiger partial charge in [-0.15, -0.1) is 0 Å². The van der Waals surface area contributed by atoms with Crippen molar-refractivity contribution in [2.45, 2.75) is 0 Å². The third-order valence-electron chi connectivity index (χ3n) is 2.59. The number of aliphatic carboxylic acids is 1. The molecule has 108 valence electrons. The lowest BCUT2D eigenvalue weighted by Gasteiger charge is -2.07. The van der Waals surface area contributed by atoms with Gasteiger partial charge in [0.1, 0.15) is 12.1 Å². The summed E-state index contributed by atoms with van der Waals surface area (Å²) in [5, 5.41) is 13.0. The van der Waals surface area contributed by atoms with Crippen LogP contribution in [0.1, 0.15) is 10.4 Å². The van der Waals surface area contributed by atoms with Gasteiger partial charge in [0.05, 0.1) is 17.6 Å². The molecule has 0 fully saturated rings. The Morgan fingerprint density at radius 2 is 1.81 bits per heavy atom. The molecule has 0 aliphatic rings. The van der Waals surface area contributed by atoms with Gasteiger partial charge in [-0.1, -0.05) is 6.07 Å². The van der Waals surface area contributed by atoms with Gasteiger partial charge in [-0.2, -0.15) is 0 Å². The molecule has 0 atom stereocenters. The van der Waals surface area contributed by atoms with Crippen LogP contribution in [0, 0.1) is 0 Å². The third kappa shape index (κ3) is 3.72. The first kappa shape index (κ1) is 14.4. The fourth-order valence-electron chi connectivity index (χ4n) is 1.67. The standard InChI is InChI=1S/C13H12N4O4/c18-10(16-7-11(19)20)6-17-13(21)8-2-1-3-9-12(8)15-5-4-14-9/h1-5H,6-7H2,(H,16,18)(H,17,21)(H,19,20). The lowest BCUT2D eigenvalue weighted by Crippen LogP contribution is -2.39. The van der Waals surface area contributed by atoms with Crippen LogP contribution >= 0.6 is 0 Å². The SMILES string of the molecule is O=C(O)CNC(=O)CNC(=O)c1cccc2nccnc12. The first-order valence-electron chi connectivity index (χ1n) is 6.04. The van der Waals surface area contributed by atoms with Crippen molar-refractivity contribution in [2.24, 2.45) is 0 Å². The maximum atomic E-state index is 12.0. The Labute approximate surface area is 119 Å². The fourth-order valence-corrected chi connectivity index (χ4v) is 1.67. The van der Waals surface area contributed by atoms with Crippen molar-refractivity contribution in [1.29, 1.82) is 0 Å². The highest BCUT2D eigenvalue weighted by Crippen LogP contribution is 2.13. The number of carbonyl (C=O) groups is 3. The van der Waals surface area contributed by atoms with E-state index in [-0.39, 0.29) is 6.54 Å². The van der Waals surface area contributed by atoms with E-state index < -0.39 is 24.3 Å². The number of carbonyl (C=O) groups excluding carboxylic acids is 2. The van der Waals surface area contributed by atoms with Crippen molar-refractivity contribution in [3.63, 3.8) is 0 Å². The summed E-state index contributed by atoms with van der Waals surface area (Å²) in [6.45, 7) is -0.808. The van der Waals surface area contributed by atoms with E-state index in [1.165, 1.54) is 12.4 Å². The predicted octanol–water partition coefficient (Wildman–Crippen LogP) is -0.440. The lowest BCUT2D eigenvalue weighted by molar-refractivity contribution is -0.137. The minimum absolute atomic E-state index is 0.298. The van der Waals surface area contributed by atoms with Crippen LogP contribution in [0.15, 0.2) is 30.6 Å². The molecule has 3 N–H and O–H groups in total. The highest BCUT2D eigenvalue weighted by atomic mass is 16.4. The molecule has 21 heavy (non-hydrogen) atoms. The highest BCUT2D eigenvalue weighted by Gasteiger charge is 2.12. The molecule has 0 bridgehead atoms. The number of carboxylic acid groups (broad SMARTS) is 1. The molecule has 0 unspecified atom stereocenters. The molecule has 1 aromatic carbocycles. The lowest BCUT2D eigenvalue weighted by atomic mass is 10.1. The number of aromatic nitrogens is 2. The smallest absolute Gasteiger partial charge is 0.322 e. The summed E-state index contributed by atoms with van der Waals surface area (Å²) in [7, 11) is 0. The van der Waals surface area contributed by atoms with Crippen molar-refractivity contribution >= 4 is 28.8 Å². The highest BCUT2D eigenvalue weighted by molar-refractivity contribution is 6.05. The van der Waals surface area contributed by atoms with E-state index in [0.29, 0.717) is 16.6 Å². The number of nitrogens with one attached hydrogen (secondary N) is 2. The maximum absolute atomic E-state index is 12.0. The summed E-state index contributed by atoms with van der Waals surface area (Å²) in [4.78, 5) is 41.8. The van der Waals surface area contributed by atoms with Gasteiger partial charge in [0.15, 0.2) is 0 Å². The number of rotatable bonds is 5. The van der Waals surface area contributed by atoms with Crippen LogP contribution in [0.5, 0.6) is 0 Å². The van der Waals surface area contributed by atoms with Gasteiger partial charge in [0.25, 0.3) is 5.91 Å². The van der Waals surface area contributed by atoms with E-state index >= 15 is 0 Å². The average Bonchev–Trinajstić information content (AvgIpc) is 2.50. The topological polar surface area (TPSA) is 121 Å². The molecule has 8 heteroatoms. The minimum Gasteiger partial charge on any atom is -0.480 e. The summed E-state index contributed by atoms with van der Waals surface area (Å²) in [5.41, 5.74) is 1.30. The third-order valence-corrected chi connectivity index (χ3v) is 2.59. The molecular weight excluding hydrogens is 276 g/mol. The van der Waals surface area contributed by atoms with Crippen LogP contribution in [0.3, 0.4) is 0 Å². The molecule has 2 rings (SSSR count). The maximum Gasteiger partial charge on any atom is 0.322 e. The molecular formula is C13H12N4O4. The van der Waals surface area contributed by atoms with Gasteiger partial charge in [-0.25, -0.2) is 0 Å². The van der Waals surface area contributed by atoms with Crippen molar-refractivity contribution in [2.75, 3.05) is 13.1 Å². The van der Waals surface area contributed by atoms with Crippen molar-refractivity contribution in [1.82, 2.24) is 20.6 Å². The Hall–Kier alpha value is -3.03. The van der Waals surface area contributed by atoms with Crippen LogP contribution in [0.4, 0.5) is 0 Å². The monoisotopic (exact) mass is 288 g/mol. The molecule has 2 amide bonds. The molecule has 0 saturated carbocycles. The molecule has 1 aromatic heterocycles. The molecule has 0 aliphatic heterocycles. The molecule has 1 heterocycles. The molecule has 8 nitrogen and oxygen atoms in total. The average molecular weight is 288 g/mol. The van der Waals surface area contributed by atoms with Gasteiger partial charge in [0, 0.05) is 12.4 Å². The van der Waals surface area contributed by atoms with Gasteiger partial charge >= 0.3 is 5.97 Å². The summed E-state index contributed by atoms with van der Waals surface area (Å²) >= 11 is 0. The number of fused-ring (bicyclic) bond motifs is 1. The predicted molar refractivity (Wildman–Crippen MR) is 72.5 cm³/mol. The largest absolute Gasteiger partial charge is 0.480 e. The minimum atomic E-state index is -1.15. The summed E-state index contributed by atoms with van der Waals surface area (Å²) < 4.78 is 0. The number of para-hydroxylation sites is 1. The molecule has 0 aliphatic carbocycles. The van der Waals surface area contributed by atoms with Crippen LogP contribution in [0.2, 0.25) is 0 Å². The zero-order valence-electron chi connectivity index (χ0n) is 10.9. The fraction of sp³-hybridized carbons (Fsp3) is 0.154. The van der Waals surface area contributed by atoms with Crippen LogP contribution in [-0.4, -0.2) is 45.9 Å². The zero-order chi connectivity index (χ0) is 15.2. The van der Waals surface area contributed by atoms with Gasteiger partial charge in [-0.05, 0) is 12.1 Å². The number of benzene rings is 1. The van der Waals surface area contributed by atoms with Crippen molar-refractivity contribution in [3.05, 3.63) is 36.2 Å². The Kier molecular flexibility index (Phi) is 4.39. The number of hydrogen-bond donors (Lipinski definition) is 3. The molecule has 2 aromatic rings. The van der Waals surface area contributed by atoms with Gasteiger partial charge < -0.3 is 15.7 Å². The summed E-state index contributed by atoms with van der Waals surface area (Å²) in [6.07, 6.45) is 2.99. The molecule has 0 spiro atoms. The van der Waals surface area contributed by atoms with Crippen LogP contribution in [0.25, 0.3) is 11.0 Å². The number of amides is 2. The van der Waals surface area contributed by atoms with Crippen LogP contribution < -0.4 is 10.6 Å². The normalized spacial score (nSPS) is 10.1. The van der Waals surface area contributed by atoms with E-state index in [0.717, 1.165) is 0 Å². The van der Waals surface area contributed by atoms with E-state index in [1.54, 1.807) is 18.2 Å². The van der Waals surface area contributed by atoms with E-state index in [9.17, 15) is 14.4 Å². The van der Waals surface area contributed by atoms with Gasteiger partial charge in [-0.3, -0.25) is 24.4 Å². The first-order chi connectivity index (χ1) is 10.1. The van der Waals surface area contributed by atoms with Crippen molar-refractivity contribution < 1.29 is 19.5 Å². The van der Waals surface area contributed by atoms with E-state index in [1.807, 2.05) is 0 Å². The second kappa shape index (κ2) is 6.42.